The number of carbonyl (C=O) groups excluding carboxylic acids is 1. The normalized spacial score (nSPS) is 14.0. The zero-order chi connectivity index (χ0) is 21.1. The number of halogens is 1. The van der Waals surface area contributed by atoms with E-state index in [2.05, 4.69) is 9.88 Å². The van der Waals surface area contributed by atoms with Crippen LogP contribution in [0.25, 0.3) is 5.69 Å². The summed E-state index contributed by atoms with van der Waals surface area (Å²) in [4.78, 5) is 21.6. The van der Waals surface area contributed by atoms with Crippen molar-refractivity contribution in [2.24, 2.45) is 0 Å². The molecule has 4 rings (SSSR count). The maximum absolute atomic E-state index is 13.0. The number of nitrogens with zero attached hydrogens (tertiary/aromatic N) is 4. The Morgan fingerprint density at radius 1 is 1.00 bits per heavy atom. The van der Waals surface area contributed by atoms with Gasteiger partial charge < -0.3 is 19.3 Å². The lowest BCUT2D eigenvalue weighted by Crippen LogP contribution is -2.49. The van der Waals surface area contributed by atoms with E-state index in [1.165, 1.54) is 0 Å². The van der Waals surface area contributed by atoms with Crippen LogP contribution in [0.5, 0.6) is 11.5 Å². The van der Waals surface area contributed by atoms with E-state index in [1.54, 1.807) is 38.6 Å². The number of aromatic nitrogens is 2. The van der Waals surface area contributed by atoms with Crippen LogP contribution < -0.4 is 14.4 Å². The Balaban J connectivity index is 1.48. The third-order valence-corrected chi connectivity index (χ3v) is 5.39. The first kappa shape index (κ1) is 20.1. The second-order valence-corrected chi connectivity index (χ2v) is 7.39. The lowest BCUT2D eigenvalue weighted by molar-refractivity contribution is 0.0745. The molecule has 1 aromatic heterocycles. The van der Waals surface area contributed by atoms with Crippen molar-refractivity contribution >= 4 is 23.5 Å². The Kier molecular flexibility index (Phi) is 5.81. The average molecular weight is 427 g/mol. The van der Waals surface area contributed by atoms with Crippen LogP contribution >= 0.6 is 11.6 Å². The number of benzene rings is 2. The van der Waals surface area contributed by atoms with Gasteiger partial charge in [-0.15, -0.1) is 0 Å². The number of rotatable bonds is 5. The molecule has 0 bridgehead atoms. The molecular formula is C22H23ClN4O3. The number of imidazole rings is 1. The lowest BCUT2D eigenvalue weighted by Gasteiger charge is -2.35. The van der Waals surface area contributed by atoms with E-state index >= 15 is 0 Å². The maximum Gasteiger partial charge on any atom is 0.254 e. The zero-order valence-electron chi connectivity index (χ0n) is 16.9. The summed E-state index contributed by atoms with van der Waals surface area (Å²) in [6.07, 6.45) is 3.69. The molecule has 0 spiro atoms. The summed E-state index contributed by atoms with van der Waals surface area (Å²) in [7, 11) is 3.15. The molecular weight excluding hydrogens is 404 g/mol. The van der Waals surface area contributed by atoms with Crippen LogP contribution in [0.15, 0.2) is 54.9 Å². The molecule has 2 aromatic carbocycles. The zero-order valence-corrected chi connectivity index (χ0v) is 17.7. The monoisotopic (exact) mass is 426 g/mol. The highest BCUT2D eigenvalue weighted by Gasteiger charge is 2.25. The molecule has 30 heavy (non-hydrogen) atoms. The Morgan fingerprint density at radius 2 is 1.70 bits per heavy atom. The van der Waals surface area contributed by atoms with E-state index in [4.69, 9.17) is 21.1 Å². The second kappa shape index (κ2) is 8.67. The Hall–Kier alpha value is -3.19. The fourth-order valence-electron chi connectivity index (χ4n) is 3.58. The van der Waals surface area contributed by atoms with Crippen LogP contribution in [-0.4, -0.2) is 60.8 Å². The van der Waals surface area contributed by atoms with Crippen molar-refractivity contribution in [3.63, 3.8) is 0 Å². The molecule has 0 saturated carbocycles. The molecule has 1 saturated heterocycles. The van der Waals surface area contributed by atoms with E-state index in [9.17, 15) is 4.79 Å². The van der Waals surface area contributed by atoms with Gasteiger partial charge in [-0.05, 0) is 30.3 Å². The van der Waals surface area contributed by atoms with Crippen molar-refractivity contribution in [3.05, 3.63) is 65.4 Å². The van der Waals surface area contributed by atoms with Crippen molar-refractivity contribution in [1.82, 2.24) is 14.5 Å². The number of anilines is 1. The first-order valence-electron chi connectivity index (χ1n) is 9.65. The van der Waals surface area contributed by atoms with Crippen molar-refractivity contribution in [1.29, 1.82) is 0 Å². The second-order valence-electron chi connectivity index (χ2n) is 6.96. The van der Waals surface area contributed by atoms with Gasteiger partial charge in [0.25, 0.3) is 5.91 Å². The highest BCUT2D eigenvalue weighted by atomic mass is 35.5. The van der Waals surface area contributed by atoms with Crippen molar-refractivity contribution in [3.8, 4) is 17.2 Å². The maximum atomic E-state index is 13.0. The minimum absolute atomic E-state index is 0.0370. The van der Waals surface area contributed by atoms with E-state index in [-0.39, 0.29) is 5.91 Å². The quantitative estimate of drug-likeness (QED) is 0.625. The van der Waals surface area contributed by atoms with E-state index in [1.807, 2.05) is 39.9 Å². The fourth-order valence-corrected chi connectivity index (χ4v) is 3.76. The molecule has 1 fully saturated rings. The molecule has 2 heterocycles. The molecule has 0 radical (unpaired) electrons. The highest BCUT2D eigenvalue weighted by molar-refractivity contribution is 6.30. The summed E-state index contributed by atoms with van der Waals surface area (Å²) < 4.78 is 12.6. The van der Waals surface area contributed by atoms with Crippen LogP contribution in [0.1, 0.15) is 10.4 Å². The largest absolute Gasteiger partial charge is 0.497 e. The summed E-state index contributed by atoms with van der Waals surface area (Å²) in [5.74, 6) is 2.00. The number of hydrogen-bond donors (Lipinski definition) is 0. The Labute approximate surface area is 180 Å². The van der Waals surface area contributed by atoms with Gasteiger partial charge in [0, 0.05) is 60.9 Å². The van der Waals surface area contributed by atoms with Crippen LogP contribution in [0.4, 0.5) is 5.95 Å². The Morgan fingerprint density at radius 3 is 2.33 bits per heavy atom. The Bertz CT molecular complexity index is 1020. The first-order valence-corrected chi connectivity index (χ1v) is 10.0. The van der Waals surface area contributed by atoms with Gasteiger partial charge >= 0.3 is 0 Å². The van der Waals surface area contributed by atoms with Crippen LogP contribution in [0, 0.1) is 0 Å². The number of piperazine rings is 1. The molecule has 0 unspecified atom stereocenters. The van der Waals surface area contributed by atoms with Crippen LogP contribution in [0.2, 0.25) is 5.02 Å². The lowest BCUT2D eigenvalue weighted by atomic mass is 10.1. The molecule has 1 aliphatic rings. The summed E-state index contributed by atoms with van der Waals surface area (Å²) in [5, 5.41) is 0.677. The predicted molar refractivity (Wildman–Crippen MR) is 116 cm³/mol. The van der Waals surface area contributed by atoms with Gasteiger partial charge in [0.2, 0.25) is 5.95 Å². The SMILES string of the molecule is COc1cc(OC)cc(C(=O)N2CCN(c3nccn3-c3cccc(Cl)c3)CC2)c1. The molecule has 156 valence electrons. The first-order chi connectivity index (χ1) is 14.6. The minimum atomic E-state index is -0.0370. The standard InChI is InChI=1S/C22H23ClN4O3/c1-29-19-12-16(13-20(15-19)30-2)21(28)25-8-10-26(11-9-25)22-24-6-7-27(22)18-5-3-4-17(23)14-18/h3-7,12-15H,8-11H2,1-2H3. The van der Waals surface area contributed by atoms with Crippen molar-refractivity contribution in [2.45, 2.75) is 0 Å². The number of carbonyl (C=O) groups is 1. The predicted octanol–water partition coefficient (Wildman–Crippen LogP) is 3.51. The summed E-state index contributed by atoms with van der Waals surface area (Å²) in [6.45, 7) is 2.57. The minimum Gasteiger partial charge on any atom is -0.497 e. The molecule has 0 atom stereocenters. The van der Waals surface area contributed by atoms with E-state index in [0.29, 0.717) is 48.3 Å². The summed E-state index contributed by atoms with van der Waals surface area (Å²) in [5.41, 5.74) is 1.51. The fraction of sp³-hybridized carbons (Fsp3) is 0.273. The van der Waals surface area contributed by atoms with E-state index < -0.39 is 0 Å². The average Bonchev–Trinajstić information content (AvgIpc) is 3.28. The highest BCUT2D eigenvalue weighted by Crippen LogP contribution is 2.25. The molecule has 1 amide bonds. The van der Waals surface area contributed by atoms with Gasteiger partial charge in [-0.3, -0.25) is 9.36 Å². The summed E-state index contributed by atoms with van der Waals surface area (Å²) in [6, 6.07) is 12.9. The smallest absolute Gasteiger partial charge is 0.254 e. The van der Waals surface area contributed by atoms with Crippen LogP contribution in [-0.2, 0) is 0 Å². The molecule has 3 aromatic rings. The molecule has 1 aliphatic heterocycles. The van der Waals surface area contributed by atoms with Gasteiger partial charge in [-0.1, -0.05) is 17.7 Å². The van der Waals surface area contributed by atoms with Gasteiger partial charge in [0.1, 0.15) is 11.5 Å². The molecule has 8 heteroatoms. The van der Waals surface area contributed by atoms with Gasteiger partial charge in [-0.25, -0.2) is 4.98 Å². The number of hydrogen-bond acceptors (Lipinski definition) is 5. The van der Waals surface area contributed by atoms with Gasteiger partial charge in [0.05, 0.1) is 14.2 Å². The van der Waals surface area contributed by atoms with E-state index in [0.717, 1.165) is 11.6 Å². The third-order valence-electron chi connectivity index (χ3n) is 5.16. The van der Waals surface area contributed by atoms with Crippen LogP contribution in [0.3, 0.4) is 0 Å². The molecule has 0 aliphatic carbocycles. The number of amides is 1. The van der Waals surface area contributed by atoms with Gasteiger partial charge in [-0.2, -0.15) is 0 Å². The number of methoxy groups -OCH3 is 2. The van der Waals surface area contributed by atoms with Crippen molar-refractivity contribution < 1.29 is 14.3 Å². The molecule has 0 N–H and O–H groups in total. The molecule has 7 nitrogen and oxygen atoms in total. The van der Waals surface area contributed by atoms with Crippen molar-refractivity contribution in [2.75, 3.05) is 45.3 Å². The summed E-state index contributed by atoms with van der Waals surface area (Å²) >= 11 is 6.15. The third kappa shape index (κ3) is 4.07. The topological polar surface area (TPSA) is 59.8 Å². The number of ether oxygens (including phenoxy) is 2. The van der Waals surface area contributed by atoms with Gasteiger partial charge in [0.15, 0.2) is 0 Å².